The zero-order valence-electron chi connectivity index (χ0n) is 14.9. The number of carbonyl (C=O) groups excluding carboxylic acids is 2. The summed E-state index contributed by atoms with van der Waals surface area (Å²) in [6, 6.07) is 9.80. The molecule has 0 saturated carbocycles. The summed E-state index contributed by atoms with van der Waals surface area (Å²) in [6.45, 7) is 3.79. The van der Waals surface area contributed by atoms with Gasteiger partial charge in [0.25, 0.3) is 5.91 Å². The van der Waals surface area contributed by atoms with Crippen molar-refractivity contribution < 1.29 is 27.8 Å². The zero-order valence-corrected chi connectivity index (χ0v) is 14.9. The van der Waals surface area contributed by atoms with Crippen LogP contribution in [0.4, 0.5) is 14.5 Å². The van der Waals surface area contributed by atoms with E-state index in [0.717, 1.165) is 23.4 Å². The minimum Gasteiger partial charge on any atom is -0.494 e. The van der Waals surface area contributed by atoms with E-state index in [-0.39, 0.29) is 5.69 Å². The quantitative estimate of drug-likeness (QED) is 0.588. The van der Waals surface area contributed by atoms with Crippen molar-refractivity contribution in [2.45, 2.75) is 20.0 Å². The predicted molar refractivity (Wildman–Crippen MR) is 97.2 cm³/mol. The van der Waals surface area contributed by atoms with E-state index in [1.54, 1.807) is 24.3 Å². The summed E-state index contributed by atoms with van der Waals surface area (Å²) in [5.41, 5.74) is 0.551. The Morgan fingerprint density at radius 1 is 1.15 bits per heavy atom. The van der Waals surface area contributed by atoms with Gasteiger partial charge in [0.05, 0.1) is 12.3 Å². The monoisotopic (exact) mass is 375 g/mol. The summed E-state index contributed by atoms with van der Waals surface area (Å²) >= 11 is 0. The number of hydrogen-bond acceptors (Lipinski definition) is 4. The SMILES string of the molecule is CCOc1ccc(/C=C/C(=O)OC(C)C(=O)Nc2ccc(F)cc2F)cc1. The maximum atomic E-state index is 13.5. The largest absolute Gasteiger partial charge is 0.494 e. The van der Waals surface area contributed by atoms with Gasteiger partial charge >= 0.3 is 5.97 Å². The number of nitrogens with one attached hydrogen (secondary N) is 1. The first kappa shape index (κ1) is 20.1. The summed E-state index contributed by atoms with van der Waals surface area (Å²) in [5.74, 6) is -2.42. The number of esters is 1. The van der Waals surface area contributed by atoms with E-state index in [2.05, 4.69) is 5.32 Å². The Bertz CT molecular complexity index is 834. The Balaban J connectivity index is 1.89. The van der Waals surface area contributed by atoms with Crippen molar-refractivity contribution in [2.24, 2.45) is 0 Å². The lowest BCUT2D eigenvalue weighted by atomic mass is 10.2. The fourth-order valence-electron chi connectivity index (χ4n) is 2.10. The maximum Gasteiger partial charge on any atom is 0.331 e. The second-order valence-corrected chi connectivity index (χ2v) is 5.53. The van der Waals surface area contributed by atoms with Crippen LogP contribution in [0.3, 0.4) is 0 Å². The van der Waals surface area contributed by atoms with Crippen LogP contribution in [-0.4, -0.2) is 24.6 Å². The van der Waals surface area contributed by atoms with Crippen molar-refractivity contribution in [3.8, 4) is 5.75 Å². The molecule has 5 nitrogen and oxygen atoms in total. The third-order valence-corrected chi connectivity index (χ3v) is 3.45. The highest BCUT2D eigenvalue weighted by atomic mass is 19.1. The van der Waals surface area contributed by atoms with Crippen molar-refractivity contribution in [3.63, 3.8) is 0 Å². The molecule has 0 radical (unpaired) electrons. The average Bonchev–Trinajstić information content (AvgIpc) is 2.63. The molecule has 142 valence electrons. The number of halogens is 2. The van der Waals surface area contributed by atoms with Crippen LogP contribution < -0.4 is 10.1 Å². The van der Waals surface area contributed by atoms with E-state index in [9.17, 15) is 18.4 Å². The smallest absolute Gasteiger partial charge is 0.331 e. The molecule has 2 rings (SSSR count). The molecular formula is C20H19F2NO4. The van der Waals surface area contributed by atoms with Crippen LogP contribution in [0.15, 0.2) is 48.5 Å². The van der Waals surface area contributed by atoms with Crippen LogP contribution in [0, 0.1) is 11.6 Å². The molecule has 1 atom stereocenters. The fraction of sp³-hybridized carbons (Fsp3) is 0.200. The summed E-state index contributed by atoms with van der Waals surface area (Å²) in [6.07, 6.45) is 1.55. The zero-order chi connectivity index (χ0) is 19.8. The van der Waals surface area contributed by atoms with Gasteiger partial charge < -0.3 is 14.8 Å². The van der Waals surface area contributed by atoms with Gasteiger partial charge in [-0.05, 0) is 49.8 Å². The molecule has 1 unspecified atom stereocenters. The number of anilines is 1. The van der Waals surface area contributed by atoms with Crippen LogP contribution in [0.1, 0.15) is 19.4 Å². The second kappa shape index (κ2) is 9.47. The molecule has 0 heterocycles. The van der Waals surface area contributed by atoms with Crippen molar-refractivity contribution in [2.75, 3.05) is 11.9 Å². The molecule has 1 amide bonds. The van der Waals surface area contributed by atoms with Gasteiger partial charge in [0, 0.05) is 12.1 Å². The van der Waals surface area contributed by atoms with Crippen LogP contribution >= 0.6 is 0 Å². The van der Waals surface area contributed by atoms with Gasteiger partial charge in [0.15, 0.2) is 6.10 Å². The van der Waals surface area contributed by atoms with Crippen molar-refractivity contribution >= 4 is 23.6 Å². The van der Waals surface area contributed by atoms with Gasteiger partial charge in [-0.2, -0.15) is 0 Å². The minimum atomic E-state index is -1.16. The summed E-state index contributed by atoms with van der Waals surface area (Å²) in [5, 5.41) is 2.24. The highest BCUT2D eigenvalue weighted by molar-refractivity contribution is 5.96. The van der Waals surface area contributed by atoms with Crippen LogP contribution in [0.5, 0.6) is 5.75 Å². The van der Waals surface area contributed by atoms with Crippen molar-refractivity contribution in [1.82, 2.24) is 0 Å². The Morgan fingerprint density at radius 3 is 2.48 bits per heavy atom. The molecule has 2 aromatic rings. The number of amides is 1. The number of carbonyl (C=O) groups is 2. The van der Waals surface area contributed by atoms with Crippen LogP contribution in [-0.2, 0) is 14.3 Å². The molecule has 27 heavy (non-hydrogen) atoms. The molecule has 2 aromatic carbocycles. The van der Waals surface area contributed by atoms with Crippen molar-refractivity contribution in [1.29, 1.82) is 0 Å². The van der Waals surface area contributed by atoms with Gasteiger partial charge in [-0.3, -0.25) is 4.79 Å². The molecule has 0 fully saturated rings. The lowest BCUT2D eigenvalue weighted by Crippen LogP contribution is -2.29. The molecule has 0 aromatic heterocycles. The molecule has 0 aliphatic carbocycles. The van der Waals surface area contributed by atoms with E-state index in [1.807, 2.05) is 6.92 Å². The van der Waals surface area contributed by atoms with Crippen LogP contribution in [0.25, 0.3) is 6.08 Å². The van der Waals surface area contributed by atoms with E-state index in [4.69, 9.17) is 9.47 Å². The molecular weight excluding hydrogens is 356 g/mol. The first-order chi connectivity index (χ1) is 12.9. The number of ether oxygens (including phenoxy) is 2. The number of rotatable bonds is 7. The summed E-state index contributed by atoms with van der Waals surface area (Å²) in [4.78, 5) is 23.8. The Morgan fingerprint density at radius 2 is 1.85 bits per heavy atom. The fourth-order valence-corrected chi connectivity index (χ4v) is 2.10. The predicted octanol–water partition coefficient (Wildman–Crippen LogP) is 3.95. The van der Waals surface area contributed by atoms with E-state index < -0.39 is 29.6 Å². The average molecular weight is 375 g/mol. The Hall–Kier alpha value is -3.22. The van der Waals surface area contributed by atoms with Crippen molar-refractivity contribution in [3.05, 3.63) is 65.7 Å². The molecule has 0 bridgehead atoms. The molecule has 1 N–H and O–H groups in total. The third kappa shape index (κ3) is 6.22. The second-order valence-electron chi connectivity index (χ2n) is 5.53. The van der Waals surface area contributed by atoms with Gasteiger partial charge in [0.1, 0.15) is 17.4 Å². The third-order valence-electron chi connectivity index (χ3n) is 3.45. The Labute approximate surface area is 155 Å². The minimum absolute atomic E-state index is 0.200. The molecule has 7 heteroatoms. The van der Waals surface area contributed by atoms with Crippen LogP contribution in [0.2, 0.25) is 0 Å². The first-order valence-corrected chi connectivity index (χ1v) is 8.26. The lowest BCUT2D eigenvalue weighted by molar-refractivity contribution is -0.148. The van der Waals surface area contributed by atoms with E-state index in [0.29, 0.717) is 12.7 Å². The topological polar surface area (TPSA) is 64.6 Å². The maximum absolute atomic E-state index is 13.5. The van der Waals surface area contributed by atoms with Gasteiger partial charge in [-0.15, -0.1) is 0 Å². The van der Waals surface area contributed by atoms with E-state index >= 15 is 0 Å². The number of hydrogen-bond donors (Lipinski definition) is 1. The lowest BCUT2D eigenvalue weighted by Gasteiger charge is -2.12. The molecule has 0 spiro atoms. The highest BCUT2D eigenvalue weighted by Crippen LogP contribution is 2.16. The first-order valence-electron chi connectivity index (χ1n) is 8.26. The molecule has 0 aliphatic rings. The Kier molecular flexibility index (Phi) is 7.05. The van der Waals surface area contributed by atoms with E-state index in [1.165, 1.54) is 19.1 Å². The van der Waals surface area contributed by atoms with Gasteiger partial charge in [-0.25, -0.2) is 13.6 Å². The highest BCUT2D eigenvalue weighted by Gasteiger charge is 2.18. The molecule has 0 saturated heterocycles. The summed E-state index contributed by atoms with van der Waals surface area (Å²) in [7, 11) is 0. The normalized spacial score (nSPS) is 11.9. The van der Waals surface area contributed by atoms with Gasteiger partial charge in [-0.1, -0.05) is 12.1 Å². The summed E-state index contributed by atoms with van der Waals surface area (Å²) < 4.78 is 36.7. The molecule has 0 aliphatic heterocycles. The number of benzene rings is 2. The van der Waals surface area contributed by atoms with Gasteiger partial charge in [0.2, 0.25) is 0 Å². The standard InChI is InChI=1S/C20H19F2NO4/c1-3-26-16-8-4-14(5-9-16)6-11-19(24)27-13(2)20(25)23-18-10-7-15(21)12-17(18)22/h4-13H,3H2,1-2H3,(H,23,25)/b11-6+.